The van der Waals surface area contributed by atoms with Crippen molar-refractivity contribution in [2.45, 2.75) is 6.54 Å². The van der Waals surface area contributed by atoms with Gasteiger partial charge in [0, 0.05) is 43.9 Å². The molecule has 0 saturated carbocycles. The number of rotatable bonds is 5. The third-order valence-electron chi connectivity index (χ3n) is 6.52. The van der Waals surface area contributed by atoms with Crippen molar-refractivity contribution in [1.82, 2.24) is 15.2 Å². The summed E-state index contributed by atoms with van der Waals surface area (Å²) in [5, 5.41) is 9.63. The first kappa shape index (κ1) is 24.4. The van der Waals surface area contributed by atoms with Crippen LogP contribution in [0.3, 0.4) is 0 Å². The molecule has 5 aromatic rings. The number of carbonyl (C=O) groups excluding carboxylic acids is 1. The van der Waals surface area contributed by atoms with Crippen LogP contribution in [0.15, 0.2) is 84.9 Å². The second kappa shape index (κ2) is 10.8. The number of aromatic nitrogens is 1. The number of anilines is 1. The largest absolute Gasteiger partial charge is 0.321 e. The normalized spacial score (nSPS) is 14.0. The molecule has 0 unspecified atom stereocenters. The Balaban J connectivity index is 0.00000267. The average molecular weight is 515 g/mol. The fraction of sp³-hybridized carbons (Fsp3) is 0.172. The predicted octanol–water partition coefficient (Wildman–Crippen LogP) is 6.20. The first-order valence-corrected chi connectivity index (χ1v) is 12.8. The molecule has 4 aromatic carbocycles. The van der Waals surface area contributed by atoms with Gasteiger partial charge in [0.25, 0.3) is 5.91 Å². The van der Waals surface area contributed by atoms with Crippen LogP contribution in [-0.4, -0.2) is 42.0 Å². The number of para-hydroxylation sites is 2. The number of benzene rings is 4. The second-order valence-electron chi connectivity index (χ2n) is 8.87. The highest BCUT2D eigenvalue weighted by molar-refractivity contribution is 7.21. The number of thiazole rings is 1. The van der Waals surface area contributed by atoms with E-state index in [1.807, 2.05) is 60.7 Å². The van der Waals surface area contributed by atoms with E-state index in [-0.39, 0.29) is 18.3 Å². The van der Waals surface area contributed by atoms with Crippen LogP contribution in [-0.2, 0) is 6.54 Å². The van der Waals surface area contributed by atoms with Gasteiger partial charge in [0.1, 0.15) is 5.01 Å². The highest BCUT2D eigenvalue weighted by Gasteiger charge is 2.17. The van der Waals surface area contributed by atoms with Crippen LogP contribution in [0.25, 0.3) is 31.6 Å². The minimum Gasteiger partial charge on any atom is -0.321 e. The summed E-state index contributed by atoms with van der Waals surface area (Å²) in [7, 11) is 0. The van der Waals surface area contributed by atoms with E-state index < -0.39 is 0 Å². The van der Waals surface area contributed by atoms with E-state index in [9.17, 15) is 4.79 Å². The lowest BCUT2D eigenvalue weighted by molar-refractivity contribution is 0.102. The lowest BCUT2D eigenvalue weighted by Crippen LogP contribution is -2.42. The number of halogens is 1. The summed E-state index contributed by atoms with van der Waals surface area (Å²) in [5.74, 6) is -0.122. The molecule has 0 aliphatic carbocycles. The van der Waals surface area contributed by atoms with E-state index >= 15 is 0 Å². The van der Waals surface area contributed by atoms with Gasteiger partial charge >= 0.3 is 0 Å². The number of hydrogen-bond acceptors (Lipinski definition) is 5. The van der Waals surface area contributed by atoms with Gasteiger partial charge in [-0.05, 0) is 46.7 Å². The maximum atomic E-state index is 13.2. The molecule has 1 aliphatic heterocycles. The number of piperazine rings is 1. The van der Waals surface area contributed by atoms with Crippen LogP contribution in [0, 0.1) is 0 Å². The molecular weight excluding hydrogens is 488 g/mol. The first-order chi connectivity index (χ1) is 17.2. The van der Waals surface area contributed by atoms with Crippen molar-refractivity contribution in [2.24, 2.45) is 0 Å². The van der Waals surface area contributed by atoms with Gasteiger partial charge in [-0.25, -0.2) is 4.98 Å². The number of fused-ring (bicyclic) bond motifs is 2. The third kappa shape index (κ3) is 4.99. The molecule has 1 aliphatic rings. The maximum absolute atomic E-state index is 13.2. The van der Waals surface area contributed by atoms with Crippen molar-refractivity contribution in [2.75, 3.05) is 31.5 Å². The maximum Gasteiger partial charge on any atom is 0.255 e. The van der Waals surface area contributed by atoms with Gasteiger partial charge in [-0.1, -0.05) is 54.6 Å². The minimum atomic E-state index is -0.122. The molecule has 1 saturated heterocycles. The zero-order chi connectivity index (χ0) is 23.6. The fourth-order valence-corrected chi connectivity index (χ4v) is 5.72. The number of carbonyl (C=O) groups is 1. The summed E-state index contributed by atoms with van der Waals surface area (Å²) < 4.78 is 1.17. The lowest BCUT2D eigenvalue weighted by atomic mass is 10.1. The van der Waals surface area contributed by atoms with Gasteiger partial charge in [0.05, 0.1) is 15.9 Å². The van der Waals surface area contributed by atoms with E-state index in [4.69, 9.17) is 4.98 Å². The molecule has 1 fully saturated rings. The van der Waals surface area contributed by atoms with Crippen LogP contribution in [0.1, 0.15) is 15.9 Å². The topological polar surface area (TPSA) is 57.3 Å². The minimum absolute atomic E-state index is 0. The second-order valence-corrected chi connectivity index (χ2v) is 9.90. The zero-order valence-electron chi connectivity index (χ0n) is 19.7. The Labute approximate surface area is 220 Å². The third-order valence-corrected chi connectivity index (χ3v) is 7.58. The van der Waals surface area contributed by atoms with Gasteiger partial charge in [0.2, 0.25) is 0 Å². The Morgan fingerprint density at radius 1 is 0.917 bits per heavy atom. The SMILES string of the molecule is Cl.O=C(Nc1ccccc1-c1nc2c(CN3CCNCC3)cccc2s1)c1ccc2ccccc2c1. The number of hydrogen-bond donors (Lipinski definition) is 2. The van der Waals surface area contributed by atoms with E-state index in [2.05, 4.69) is 39.8 Å². The van der Waals surface area contributed by atoms with Gasteiger partial charge in [0.15, 0.2) is 0 Å². The highest BCUT2D eigenvalue weighted by atomic mass is 35.5. The first-order valence-electron chi connectivity index (χ1n) is 12.0. The van der Waals surface area contributed by atoms with Gasteiger partial charge in [-0.3, -0.25) is 9.69 Å². The van der Waals surface area contributed by atoms with Crippen molar-refractivity contribution in [3.63, 3.8) is 0 Å². The Morgan fingerprint density at radius 3 is 2.56 bits per heavy atom. The Bertz CT molecular complexity index is 1530. The van der Waals surface area contributed by atoms with Crippen molar-refractivity contribution in [3.05, 3.63) is 96.1 Å². The summed E-state index contributed by atoms with van der Waals surface area (Å²) in [4.78, 5) is 20.7. The van der Waals surface area contributed by atoms with Crippen molar-refractivity contribution in [3.8, 4) is 10.6 Å². The van der Waals surface area contributed by atoms with E-state index in [1.54, 1.807) is 11.3 Å². The molecule has 182 valence electrons. The Morgan fingerprint density at radius 2 is 1.69 bits per heavy atom. The summed E-state index contributed by atoms with van der Waals surface area (Å²) in [6.07, 6.45) is 0. The summed E-state index contributed by atoms with van der Waals surface area (Å²) >= 11 is 1.67. The highest BCUT2D eigenvalue weighted by Crippen LogP contribution is 2.36. The van der Waals surface area contributed by atoms with Crippen LogP contribution >= 0.6 is 23.7 Å². The molecule has 6 rings (SSSR count). The Kier molecular flexibility index (Phi) is 7.30. The zero-order valence-corrected chi connectivity index (χ0v) is 21.4. The quantitative estimate of drug-likeness (QED) is 0.293. The summed E-state index contributed by atoms with van der Waals surface area (Å²) in [6.45, 7) is 5.07. The molecule has 7 heteroatoms. The molecule has 1 aromatic heterocycles. The lowest BCUT2D eigenvalue weighted by Gasteiger charge is -2.27. The molecule has 2 heterocycles. The molecule has 0 atom stereocenters. The smallest absolute Gasteiger partial charge is 0.255 e. The summed E-state index contributed by atoms with van der Waals surface area (Å²) in [6, 6.07) is 28.2. The van der Waals surface area contributed by atoms with Crippen LogP contribution in [0.2, 0.25) is 0 Å². The molecule has 36 heavy (non-hydrogen) atoms. The van der Waals surface area contributed by atoms with Crippen LogP contribution in [0.4, 0.5) is 5.69 Å². The van der Waals surface area contributed by atoms with Crippen LogP contribution < -0.4 is 10.6 Å². The van der Waals surface area contributed by atoms with E-state index in [1.165, 1.54) is 10.3 Å². The fourth-order valence-electron chi connectivity index (χ4n) is 4.66. The number of nitrogens with zero attached hydrogens (tertiary/aromatic N) is 2. The standard InChI is InChI=1S/C29H26N4OS.ClH/c34-28(22-13-12-20-6-1-2-7-21(20)18-22)31-25-10-4-3-9-24(25)29-32-27-23(8-5-11-26(27)35-29)19-33-16-14-30-15-17-33;/h1-13,18,30H,14-17,19H2,(H,31,34);1H. The van der Waals surface area contributed by atoms with Gasteiger partial charge < -0.3 is 10.6 Å². The van der Waals surface area contributed by atoms with Crippen molar-refractivity contribution < 1.29 is 4.79 Å². The molecule has 1 amide bonds. The Hall–Kier alpha value is -3.29. The van der Waals surface area contributed by atoms with Gasteiger partial charge in [-0.2, -0.15) is 0 Å². The van der Waals surface area contributed by atoms with Crippen molar-refractivity contribution in [1.29, 1.82) is 0 Å². The molecule has 0 spiro atoms. The predicted molar refractivity (Wildman–Crippen MR) is 152 cm³/mol. The summed E-state index contributed by atoms with van der Waals surface area (Å²) in [5.41, 5.74) is 4.66. The van der Waals surface area contributed by atoms with E-state index in [0.29, 0.717) is 5.56 Å². The van der Waals surface area contributed by atoms with E-state index in [0.717, 1.165) is 65.3 Å². The average Bonchev–Trinajstić information content (AvgIpc) is 3.35. The monoisotopic (exact) mass is 514 g/mol. The molecule has 0 radical (unpaired) electrons. The van der Waals surface area contributed by atoms with Crippen LogP contribution in [0.5, 0.6) is 0 Å². The number of nitrogens with one attached hydrogen (secondary N) is 2. The molecule has 2 N–H and O–H groups in total. The molecule has 0 bridgehead atoms. The molecular formula is C29H27ClN4OS. The number of amides is 1. The van der Waals surface area contributed by atoms with Gasteiger partial charge in [-0.15, -0.1) is 23.7 Å². The van der Waals surface area contributed by atoms with Crippen molar-refractivity contribution >= 4 is 56.3 Å². The molecule has 5 nitrogen and oxygen atoms in total.